The molecule has 84 valence electrons. The predicted octanol–water partition coefficient (Wildman–Crippen LogP) is 1.71. The summed E-state index contributed by atoms with van der Waals surface area (Å²) in [4.78, 5) is 16.2. The molecule has 5 nitrogen and oxygen atoms in total. The molecule has 16 heavy (non-hydrogen) atoms. The van der Waals surface area contributed by atoms with Gasteiger partial charge in [0.05, 0.1) is 0 Å². The molecule has 2 rings (SSSR count). The van der Waals surface area contributed by atoms with Gasteiger partial charge in [0.25, 0.3) is 0 Å². The minimum absolute atomic E-state index is 0.480. The van der Waals surface area contributed by atoms with Gasteiger partial charge in [0.15, 0.2) is 0 Å². The Bertz CT molecular complexity index is 404. The fourth-order valence-corrected chi connectivity index (χ4v) is 1.72. The zero-order chi connectivity index (χ0) is 11.4. The van der Waals surface area contributed by atoms with Gasteiger partial charge < -0.3 is 10.2 Å². The Labute approximate surface area is 98.1 Å². The number of hydrogen-bond acceptors (Lipinski definition) is 5. The van der Waals surface area contributed by atoms with Crippen LogP contribution in [0.15, 0.2) is 35.5 Å². The summed E-state index contributed by atoms with van der Waals surface area (Å²) in [6, 6.07) is 3.67. The van der Waals surface area contributed by atoms with E-state index >= 15 is 0 Å². The van der Waals surface area contributed by atoms with Crippen LogP contribution in [0.1, 0.15) is 5.56 Å². The second kappa shape index (κ2) is 4.94. The van der Waals surface area contributed by atoms with Crippen molar-refractivity contribution in [2.75, 3.05) is 13.1 Å². The minimum atomic E-state index is 0.480. The van der Waals surface area contributed by atoms with Gasteiger partial charge in [-0.3, -0.25) is 0 Å². The minimum Gasteiger partial charge on any atom is -0.369 e. The molecule has 0 aliphatic carbocycles. The lowest BCUT2D eigenvalue weighted by Crippen LogP contribution is -2.19. The van der Waals surface area contributed by atoms with E-state index in [1.54, 1.807) is 12.3 Å². The SMILES string of the molecule is O=N/C=C1\NCCN1Cc1ccc(Cl)nc1. The van der Waals surface area contributed by atoms with E-state index in [4.69, 9.17) is 11.6 Å². The maximum atomic E-state index is 10.2. The van der Waals surface area contributed by atoms with E-state index in [9.17, 15) is 4.91 Å². The van der Waals surface area contributed by atoms with Crippen LogP contribution in [0.4, 0.5) is 0 Å². The second-order valence-electron chi connectivity index (χ2n) is 3.46. The normalized spacial score (nSPS) is 17.6. The highest BCUT2D eigenvalue weighted by Gasteiger charge is 2.16. The highest BCUT2D eigenvalue weighted by Crippen LogP contribution is 2.13. The quantitative estimate of drug-likeness (QED) is 0.643. The largest absolute Gasteiger partial charge is 0.369 e. The van der Waals surface area contributed by atoms with Crippen molar-refractivity contribution >= 4 is 11.6 Å². The third-order valence-corrected chi connectivity index (χ3v) is 2.59. The maximum absolute atomic E-state index is 10.2. The molecular weight excluding hydrogens is 228 g/mol. The highest BCUT2D eigenvalue weighted by molar-refractivity contribution is 6.29. The van der Waals surface area contributed by atoms with E-state index in [0.29, 0.717) is 11.7 Å². The van der Waals surface area contributed by atoms with Crippen LogP contribution in [-0.4, -0.2) is 23.0 Å². The summed E-state index contributed by atoms with van der Waals surface area (Å²) in [6.45, 7) is 2.37. The molecule has 0 aromatic carbocycles. The Hall–Kier alpha value is -1.62. The molecule has 1 aliphatic heterocycles. The van der Waals surface area contributed by atoms with Gasteiger partial charge in [-0.1, -0.05) is 17.7 Å². The summed E-state index contributed by atoms with van der Waals surface area (Å²) in [5.41, 5.74) is 1.05. The van der Waals surface area contributed by atoms with Crippen LogP contribution >= 0.6 is 11.6 Å². The molecule has 0 unspecified atom stereocenters. The maximum Gasteiger partial charge on any atom is 0.129 e. The van der Waals surface area contributed by atoms with Crippen molar-refractivity contribution in [2.45, 2.75) is 6.54 Å². The van der Waals surface area contributed by atoms with Crippen LogP contribution in [0.3, 0.4) is 0 Å². The van der Waals surface area contributed by atoms with Crippen LogP contribution in [0.5, 0.6) is 0 Å². The summed E-state index contributed by atoms with van der Waals surface area (Å²) in [6.07, 6.45) is 3.02. The summed E-state index contributed by atoms with van der Waals surface area (Å²) in [5.74, 6) is 0.755. The third-order valence-electron chi connectivity index (χ3n) is 2.37. The van der Waals surface area contributed by atoms with Crippen LogP contribution in [0.25, 0.3) is 0 Å². The lowest BCUT2D eigenvalue weighted by molar-refractivity contribution is 0.387. The van der Waals surface area contributed by atoms with Crippen molar-refractivity contribution in [1.82, 2.24) is 15.2 Å². The van der Waals surface area contributed by atoms with Crippen molar-refractivity contribution in [3.63, 3.8) is 0 Å². The first-order valence-electron chi connectivity index (χ1n) is 4.91. The molecule has 0 bridgehead atoms. The summed E-state index contributed by atoms with van der Waals surface area (Å²) in [5, 5.41) is 6.34. The van der Waals surface area contributed by atoms with Gasteiger partial charge in [-0.15, -0.1) is 4.91 Å². The van der Waals surface area contributed by atoms with Crippen molar-refractivity contribution in [2.24, 2.45) is 5.18 Å². The van der Waals surface area contributed by atoms with Gasteiger partial charge in [-0.05, 0) is 16.8 Å². The molecule has 1 aromatic rings. The van der Waals surface area contributed by atoms with Gasteiger partial charge in [-0.2, -0.15) is 0 Å². The zero-order valence-corrected chi connectivity index (χ0v) is 9.31. The molecule has 0 atom stereocenters. The number of nitrogens with zero attached hydrogens (tertiary/aromatic N) is 3. The zero-order valence-electron chi connectivity index (χ0n) is 8.56. The van der Waals surface area contributed by atoms with E-state index in [2.05, 4.69) is 15.5 Å². The fraction of sp³-hybridized carbons (Fsp3) is 0.300. The molecule has 0 spiro atoms. The van der Waals surface area contributed by atoms with E-state index in [1.807, 2.05) is 11.0 Å². The van der Waals surface area contributed by atoms with Crippen molar-refractivity contribution < 1.29 is 0 Å². The Morgan fingerprint density at radius 1 is 1.62 bits per heavy atom. The van der Waals surface area contributed by atoms with Crippen molar-refractivity contribution in [3.05, 3.63) is 46.0 Å². The monoisotopic (exact) mass is 238 g/mol. The molecular formula is C10H11ClN4O. The second-order valence-corrected chi connectivity index (χ2v) is 3.84. The number of nitrogens with one attached hydrogen (secondary N) is 1. The molecule has 1 fully saturated rings. The third kappa shape index (κ3) is 2.49. The van der Waals surface area contributed by atoms with E-state index < -0.39 is 0 Å². The van der Waals surface area contributed by atoms with Crippen molar-refractivity contribution in [3.8, 4) is 0 Å². The number of pyridine rings is 1. The lowest BCUT2D eigenvalue weighted by atomic mass is 10.2. The highest BCUT2D eigenvalue weighted by atomic mass is 35.5. The Morgan fingerprint density at radius 3 is 3.19 bits per heavy atom. The summed E-state index contributed by atoms with van der Waals surface area (Å²) >= 11 is 5.70. The van der Waals surface area contributed by atoms with Crippen LogP contribution in [0, 0.1) is 4.91 Å². The Kier molecular flexibility index (Phi) is 3.36. The van der Waals surface area contributed by atoms with Gasteiger partial charge >= 0.3 is 0 Å². The fourth-order valence-electron chi connectivity index (χ4n) is 1.61. The van der Waals surface area contributed by atoms with Gasteiger partial charge in [0, 0.05) is 25.8 Å². The molecule has 0 saturated carbocycles. The molecule has 1 N–H and O–H groups in total. The Morgan fingerprint density at radius 2 is 2.50 bits per heavy atom. The molecule has 0 amide bonds. The van der Waals surface area contributed by atoms with E-state index in [0.717, 1.165) is 24.5 Å². The van der Waals surface area contributed by atoms with Crippen LogP contribution in [-0.2, 0) is 6.54 Å². The first kappa shape index (κ1) is 10.9. The number of halogens is 1. The molecule has 1 saturated heterocycles. The average molecular weight is 239 g/mol. The Balaban J connectivity index is 2.06. The molecule has 0 radical (unpaired) electrons. The molecule has 6 heteroatoms. The van der Waals surface area contributed by atoms with Gasteiger partial charge in [0.1, 0.15) is 17.2 Å². The van der Waals surface area contributed by atoms with E-state index in [1.165, 1.54) is 6.20 Å². The van der Waals surface area contributed by atoms with Gasteiger partial charge in [-0.25, -0.2) is 4.98 Å². The molecule has 2 heterocycles. The number of rotatable bonds is 3. The van der Waals surface area contributed by atoms with Crippen LogP contribution < -0.4 is 5.32 Å². The first-order chi connectivity index (χ1) is 7.79. The molecule has 1 aliphatic rings. The standard InChI is InChI=1S/C10H11ClN4O/c11-9-2-1-8(5-13-9)7-15-4-3-12-10(15)6-14-16/h1-2,5-6,12H,3-4,7H2/b10-6+. The smallest absolute Gasteiger partial charge is 0.129 e. The van der Waals surface area contributed by atoms with Gasteiger partial charge in [0.2, 0.25) is 0 Å². The lowest BCUT2D eigenvalue weighted by Gasteiger charge is -2.17. The number of hydrogen-bond donors (Lipinski definition) is 1. The summed E-state index contributed by atoms with van der Waals surface area (Å²) in [7, 11) is 0. The van der Waals surface area contributed by atoms with Crippen LogP contribution in [0.2, 0.25) is 5.15 Å². The summed E-state index contributed by atoms with van der Waals surface area (Å²) < 4.78 is 0. The number of nitroso groups, excluding NO2 is 1. The number of aromatic nitrogens is 1. The topological polar surface area (TPSA) is 57.6 Å². The predicted molar refractivity (Wildman–Crippen MR) is 61.5 cm³/mol. The van der Waals surface area contributed by atoms with E-state index in [-0.39, 0.29) is 0 Å². The van der Waals surface area contributed by atoms with Crippen molar-refractivity contribution in [1.29, 1.82) is 0 Å². The molecule has 1 aromatic heterocycles. The first-order valence-corrected chi connectivity index (χ1v) is 5.29. The average Bonchev–Trinajstić information content (AvgIpc) is 2.70.